The molecule has 0 spiro atoms. The maximum Gasteiger partial charge on any atom is 0.140 e. The normalized spacial score (nSPS) is 10.7. The van der Waals surface area contributed by atoms with E-state index in [4.69, 9.17) is 9.47 Å². The number of hydrogen-bond acceptors (Lipinski definition) is 3. The molecule has 0 saturated heterocycles. The van der Waals surface area contributed by atoms with Crippen LogP contribution in [-0.4, -0.2) is 23.6 Å². The Bertz CT molecular complexity index is 734. The minimum atomic E-state index is 0.744. The standard InChI is InChI=1S/C16H16N2O2/c1-19-14-7-8-18-11-13(17-16(18)10-14)9-12-5-3-4-6-15(12)20-2/h3-8,10-11H,9H2,1-2H3. The van der Waals surface area contributed by atoms with Gasteiger partial charge in [0, 0.05) is 30.4 Å². The largest absolute Gasteiger partial charge is 0.497 e. The first kappa shape index (κ1) is 12.5. The third-order valence-electron chi connectivity index (χ3n) is 3.28. The van der Waals surface area contributed by atoms with Crippen molar-refractivity contribution < 1.29 is 9.47 Å². The van der Waals surface area contributed by atoms with Crippen molar-refractivity contribution in [2.24, 2.45) is 0 Å². The minimum Gasteiger partial charge on any atom is -0.497 e. The Labute approximate surface area is 117 Å². The Morgan fingerprint density at radius 3 is 2.75 bits per heavy atom. The Kier molecular flexibility index (Phi) is 3.29. The van der Waals surface area contributed by atoms with Crippen LogP contribution in [0.1, 0.15) is 11.3 Å². The number of pyridine rings is 1. The average Bonchev–Trinajstić information content (AvgIpc) is 2.89. The number of fused-ring (bicyclic) bond motifs is 1. The molecule has 0 saturated carbocycles. The fraction of sp³-hybridized carbons (Fsp3) is 0.188. The predicted octanol–water partition coefficient (Wildman–Crippen LogP) is 2.94. The molecule has 0 aliphatic heterocycles. The van der Waals surface area contributed by atoms with E-state index in [0.717, 1.165) is 34.8 Å². The second kappa shape index (κ2) is 5.25. The average molecular weight is 268 g/mol. The zero-order valence-corrected chi connectivity index (χ0v) is 11.5. The van der Waals surface area contributed by atoms with Crippen LogP contribution in [0.5, 0.6) is 11.5 Å². The number of methoxy groups -OCH3 is 2. The maximum atomic E-state index is 5.37. The molecule has 0 N–H and O–H groups in total. The number of nitrogens with zero attached hydrogens (tertiary/aromatic N) is 2. The molecule has 2 heterocycles. The van der Waals surface area contributed by atoms with Gasteiger partial charge in [-0.1, -0.05) is 18.2 Å². The van der Waals surface area contributed by atoms with Crippen molar-refractivity contribution >= 4 is 5.65 Å². The summed E-state index contributed by atoms with van der Waals surface area (Å²) in [6.45, 7) is 0. The molecule has 0 fully saturated rings. The smallest absolute Gasteiger partial charge is 0.140 e. The van der Waals surface area contributed by atoms with Gasteiger partial charge in [0.15, 0.2) is 0 Å². The molecule has 0 aliphatic rings. The Morgan fingerprint density at radius 2 is 1.95 bits per heavy atom. The molecule has 3 rings (SSSR count). The van der Waals surface area contributed by atoms with Crippen LogP contribution in [0.25, 0.3) is 5.65 Å². The first-order valence-electron chi connectivity index (χ1n) is 6.43. The number of hydrogen-bond donors (Lipinski definition) is 0. The SMILES string of the molecule is COc1ccn2cc(Cc3ccccc3OC)nc2c1. The fourth-order valence-electron chi connectivity index (χ4n) is 2.27. The van der Waals surface area contributed by atoms with Crippen LogP contribution >= 0.6 is 0 Å². The topological polar surface area (TPSA) is 35.8 Å². The van der Waals surface area contributed by atoms with E-state index in [2.05, 4.69) is 11.1 Å². The molecule has 20 heavy (non-hydrogen) atoms. The summed E-state index contributed by atoms with van der Waals surface area (Å²) < 4.78 is 12.6. The van der Waals surface area contributed by atoms with E-state index < -0.39 is 0 Å². The molecule has 0 bridgehead atoms. The Hall–Kier alpha value is -2.49. The van der Waals surface area contributed by atoms with Crippen molar-refractivity contribution in [2.75, 3.05) is 14.2 Å². The van der Waals surface area contributed by atoms with Gasteiger partial charge in [-0.2, -0.15) is 0 Å². The third-order valence-corrected chi connectivity index (χ3v) is 3.28. The third kappa shape index (κ3) is 2.32. The molecule has 102 valence electrons. The first-order chi connectivity index (χ1) is 9.80. The quantitative estimate of drug-likeness (QED) is 0.730. The van der Waals surface area contributed by atoms with Crippen LogP contribution in [0.4, 0.5) is 0 Å². The van der Waals surface area contributed by atoms with Crippen molar-refractivity contribution in [2.45, 2.75) is 6.42 Å². The number of rotatable bonds is 4. The second-order valence-electron chi connectivity index (χ2n) is 4.55. The van der Waals surface area contributed by atoms with Crippen LogP contribution in [0.15, 0.2) is 48.8 Å². The van der Waals surface area contributed by atoms with Crippen LogP contribution in [0.3, 0.4) is 0 Å². The lowest BCUT2D eigenvalue weighted by Crippen LogP contribution is -1.93. The highest BCUT2D eigenvalue weighted by Gasteiger charge is 2.07. The van der Waals surface area contributed by atoms with E-state index in [9.17, 15) is 0 Å². The monoisotopic (exact) mass is 268 g/mol. The summed E-state index contributed by atoms with van der Waals surface area (Å²) in [5.41, 5.74) is 3.02. The molecule has 0 unspecified atom stereocenters. The molecule has 1 aromatic carbocycles. The molecule has 0 amide bonds. The van der Waals surface area contributed by atoms with E-state index in [-0.39, 0.29) is 0 Å². The number of benzene rings is 1. The lowest BCUT2D eigenvalue weighted by Gasteiger charge is -2.05. The number of ether oxygens (including phenoxy) is 2. The van der Waals surface area contributed by atoms with Gasteiger partial charge in [-0.05, 0) is 12.1 Å². The van der Waals surface area contributed by atoms with Crippen molar-refractivity contribution in [1.82, 2.24) is 9.38 Å². The summed E-state index contributed by atoms with van der Waals surface area (Å²) in [6, 6.07) is 11.8. The maximum absolute atomic E-state index is 5.37. The van der Waals surface area contributed by atoms with E-state index in [0.29, 0.717) is 0 Å². The highest BCUT2D eigenvalue weighted by atomic mass is 16.5. The molecule has 4 heteroatoms. The molecule has 0 radical (unpaired) electrons. The van der Waals surface area contributed by atoms with Gasteiger partial charge in [0.2, 0.25) is 0 Å². The van der Waals surface area contributed by atoms with Gasteiger partial charge in [-0.25, -0.2) is 4.98 Å². The van der Waals surface area contributed by atoms with E-state index in [1.165, 1.54) is 0 Å². The summed E-state index contributed by atoms with van der Waals surface area (Å²) in [7, 11) is 3.35. The summed E-state index contributed by atoms with van der Waals surface area (Å²) >= 11 is 0. The first-order valence-corrected chi connectivity index (χ1v) is 6.43. The fourth-order valence-corrected chi connectivity index (χ4v) is 2.27. The molecule has 0 aliphatic carbocycles. The summed E-state index contributed by atoms with van der Waals surface area (Å²) in [5.74, 6) is 1.70. The summed E-state index contributed by atoms with van der Waals surface area (Å²) in [6.07, 6.45) is 4.72. The molecule has 3 aromatic rings. The van der Waals surface area contributed by atoms with E-state index in [1.807, 2.05) is 47.1 Å². The highest BCUT2D eigenvalue weighted by molar-refractivity contribution is 5.46. The zero-order valence-electron chi connectivity index (χ0n) is 11.5. The molecular weight excluding hydrogens is 252 g/mol. The predicted molar refractivity (Wildman–Crippen MR) is 77.5 cm³/mol. The molecular formula is C16H16N2O2. The van der Waals surface area contributed by atoms with Gasteiger partial charge < -0.3 is 13.9 Å². The van der Waals surface area contributed by atoms with Gasteiger partial charge in [-0.3, -0.25) is 0 Å². The number of imidazole rings is 1. The Morgan fingerprint density at radius 1 is 1.10 bits per heavy atom. The van der Waals surface area contributed by atoms with E-state index in [1.54, 1.807) is 14.2 Å². The lowest BCUT2D eigenvalue weighted by molar-refractivity contribution is 0.410. The van der Waals surface area contributed by atoms with Crippen molar-refractivity contribution in [1.29, 1.82) is 0 Å². The van der Waals surface area contributed by atoms with Crippen LogP contribution in [-0.2, 0) is 6.42 Å². The van der Waals surface area contributed by atoms with Gasteiger partial charge in [0.1, 0.15) is 17.1 Å². The van der Waals surface area contributed by atoms with Gasteiger partial charge in [-0.15, -0.1) is 0 Å². The number of para-hydroxylation sites is 1. The van der Waals surface area contributed by atoms with E-state index >= 15 is 0 Å². The zero-order chi connectivity index (χ0) is 13.9. The lowest BCUT2D eigenvalue weighted by atomic mass is 10.1. The molecule has 0 atom stereocenters. The van der Waals surface area contributed by atoms with Crippen molar-refractivity contribution in [3.05, 3.63) is 60.0 Å². The Balaban J connectivity index is 1.94. The van der Waals surface area contributed by atoms with Gasteiger partial charge in [0.05, 0.1) is 19.9 Å². The van der Waals surface area contributed by atoms with Crippen LogP contribution in [0.2, 0.25) is 0 Å². The highest BCUT2D eigenvalue weighted by Crippen LogP contribution is 2.21. The molecule has 2 aromatic heterocycles. The van der Waals surface area contributed by atoms with Gasteiger partial charge in [0.25, 0.3) is 0 Å². The minimum absolute atomic E-state index is 0.744. The number of aromatic nitrogens is 2. The van der Waals surface area contributed by atoms with Crippen LogP contribution < -0.4 is 9.47 Å². The van der Waals surface area contributed by atoms with Crippen molar-refractivity contribution in [3.63, 3.8) is 0 Å². The van der Waals surface area contributed by atoms with Gasteiger partial charge >= 0.3 is 0 Å². The second-order valence-corrected chi connectivity index (χ2v) is 4.55. The summed E-state index contributed by atoms with van der Waals surface area (Å²) in [4.78, 5) is 4.62. The summed E-state index contributed by atoms with van der Waals surface area (Å²) in [5, 5.41) is 0. The molecule has 4 nitrogen and oxygen atoms in total. The van der Waals surface area contributed by atoms with Crippen LogP contribution in [0, 0.1) is 0 Å². The van der Waals surface area contributed by atoms with Crippen molar-refractivity contribution in [3.8, 4) is 11.5 Å².